The molecule has 2 unspecified atom stereocenters. The van der Waals surface area contributed by atoms with E-state index in [1.165, 1.54) is 9.78 Å². The molecule has 1 aliphatic heterocycles. The van der Waals surface area contributed by atoms with Crippen molar-refractivity contribution < 1.29 is 18.3 Å². The summed E-state index contributed by atoms with van der Waals surface area (Å²) in [6, 6.07) is 1.26. The molecule has 22 heavy (non-hydrogen) atoms. The molecule has 1 saturated heterocycles. The molecule has 1 aromatic rings. The third-order valence-electron chi connectivity index (χ3n) is 3.82. The van der Waals surface area contributed by atoms with E-state index in [9.17, 15) is 13.6 Å². The van der Waals surface area contributed by atoms with Gasteiger partial charge in [-0.2, -0.15) is 0 Å². The van der Waals surface area contributed by atoms with Crippen LogP contribution < -0.4 is 5.32 Å². The van der Waals surface area contributed by atoms with Gasteiger partial charge in [-0.05, 0) is 32.4 Å². The van der Waals surface area contributed by atoms with E-state index in [1.807, 2.05) is 20.8 Å². The van der Waals surface area contributed by atoms with E-state index in [4.69, 9.17) is 4.74 Å². The van der Waals surface area contributed by atoms with Gasteiger partial charge in [-0.3, -0.25) is 9.69 Å². The van der Waals surface area contributed by atoms with Crippen LogP contribution in [0.15, 0.2) is 6.07 Å². The molecule has 1 fully saturated rings. The van der Waals surface area contributed by atoms with Crippen LogP contribution in [0.3, 0.4) is 0 Å². The fourth-order valence-electron chi connectivity index (χ4n) is 2.74. The standard InChI is InChI=1S/C15H22F2N2O2S/c1-9-6-12(11(3)22-9)10(2)18-15(20)13-8-21-5-4-19(13)7-14(16)17/h6,10,13-14H,4-5,7-8H2,1-3H3,(H,18,20). The number of carbonyl (C=O) groups is 1. The smallest absolute Gasteiger partial charge is 0.251 e. The van der Waals surface area contributed by atoms with Crippen LogP contribution in [0, 0.1) is 13.8 Å². The molecule has 2 rings (SSSR count). The summed E-state index contributed by atoms with van der Waals surface area (Å²) in [6.45, 7) is 6.45. The van der Waals surface area contributed by atoms with E-state index in [0.717, 1.165) is 10.4 Å². The highest BCUT2D eigenvalue weighted by atomic mass is 32.1. The Morgan fingerprint density at radius 3 is 2.86 bits per heavy atom. The van der Waals surface area contributed by atoms with Crippen LogP contribution in [-0.4, -0.2) is 49.6 Å². The number of ether oxygens (including phenoxy) is 1. The van der Waals surface area contributed by atoms with Gasteiger partial charge in [-0.1, -0.05) is 0 Å². The van der Waals surface area contributed by atoms with Crippen molar-refractivity contribution in [1.29, 1.82) is 0 Å². The molecule has 4 nitrogen and oxygen atoms in total. The van der Waals surface area contributed by atoms with Crippen molar-refractivity contribution in [3.8, 4) is 0 Å². The van der Waals surface area contributed by atoms with Gasteiger partial charge in [0.1, 0.15) is 6.04 Å². The minimum atomic E-state index is -2.45. The minimum absolute atomic E-state index is 0.146. The van der Waals surface area contributed by atoms with Gasteiger partial charge >= 0.3 is 0 Å². The first kappa shape index (κ1) is 17.3. The molecule has 2 heterocycles. The van der Waals surface area contributed by atoms with Gasteiger partial charge in [-0.15, -0.1) is 11.3 Å². The number of nitrogens with zero attached hydrogens (tertiary/aromatic N) is 1. The van der Waals surface area contributed by atoms with Crippen LogP contribution in [0.2, 0.25) is 0 Å². The lowest BCUT2D eigenvalue weighted by atomic mass is 10.1. The van der Waals surface area contributed by atoms with Crippen LogP contribution in [0.1, 0.15) is 28.3 Å². The van der Waals surface area contributed by atoms with Gasteiger partial charge in [0.2, 0.25) is 5.91 Å². The van der Waals surface area contributed by atoms with E-state index >= 15 is 0 Å². The first-order valence-corrected chi connectivity index (χ1v) is 8.17. The number of amides is 1. The predicted molar refractivity (Wildman–Crippen MR) is 82.5 cm³/mol. The van der Waals surface area contributed by atoms with Crippen molar-refractivity contribution in [2.75, 3.05) is 26.3 Å². The molecule has 1 N–H and O–H groups in total. The van der Waals surface area contributed by atoms with Gasteiger partial charge in [0.25, 0.3) is 6.43 Å². The molecule has 1 aliphatic rings. The number of thiophene rings is 1. The summed E-state index contributed by atoms with van der Waals surface area (Å²) >= 11 is 1.68. The van der Waals surface area contributed by atoms with Crippen LogP contribution in [0.4, 0.5) is 8.78 Å². The predicted octanol–water partition coefficient (Wildman–Crippen LogP) is 2.51. The zero-order chi connectivity index (χ0) is 16.3. The van der Waals surface area contributed by atoms with Crippen LogP contribution in [-0.2, 0) is 9.53 Å². The van der Waals surface area contributed by atoms with Crippen molar-refractivity contribution in [2.24, 2.45) is 0 Å². The Morgan fingerprint density at radius 1 is 1.55 bits per heavy atom. The van der Waals surface area contributed by atoms with Crippen LogP contribution in [0.25, 0.3) is 0 Å². The molecule has 0 bridgehead atoms. The van der Waals surface area contributed by atoms with Gasteiger partial charge in [-0.25, -0.2) is 8.78 Å². The van der Waals surface area contributed by atoms with Crippen molar-refractivity contribution in [3.05, 3.63) is 21.4 Å². The molecular formula is C15H22F2N2O2S. The number of rotatable bonds is 5. The fraction of sp³-hybridized carbons (Fsp3) is 0.667. The molecule has 0 radical (unpaired) electrons. The average molecular weight is 332 g/mol. The number of hydrogen-bond acceptors (Lipinski definition) is 4. The highest BCUT2D eigenvalue weighted by Gasteiger charge is 2.32. The van der Waals surface area contributed by atoms with E-state index in [1.54, 1.807) is 11.3 Å². The monoisotopic (exact) mass is 332 g/mol. The van der Waals surface area contributed by atoms with Crippen LogP contribution in [0.5, 0.6) is 0 Å². The maximum atomic E-state index is 12.6. The highest BCUT2D eigenvalue weighted by molar-refractivity contribution is 7.12. The molecule has 0 aromatic carbocycles. The Labute approximate surface area is 133 Å². The molecule has 0 spiro atoms. The van der Waals surface area contributed by atoms with Gasteiger partial charge in [0.05, 0.1) is 25.8 Å². The maximum Gasteiger partial charge on any atom is 0.251 e. The Hall–Kier alpha value is -1.05. The molecule has 7 heteroatoms. The first-order valence-electron chi connectivity index (χ1n) is 7.35. The number of nitrogens with one attached hydrogen (secondary N) is 1. The SMILES string of the molecule is Cc1cc(C(C)NC(=O)C2COCCN2CC(F)F)c(C)s1. The quantitative estimate of drug-likeness (QED) is 0.901. The number of halogens is 2. The Balaban J connectivity index is 2.01. The third-order valence-corrected chi connectivity index (χ3v) is 4.80. The molecule has 0 aliphatic carbocycles. The van der Waals surface area contributed by atoms with E-state index in [-0.39, 0.29) is 18.6 Å². The summed E-state index contributed by atoms with van der Waals surface area (Å²) in [6.07, 6.45) is -2.45. The molecule has 2 atom stereocenters. The molecule has 1 aromatic heterocycles. The summed E-state index contributed by atoms with van der Waals surface area (Å²) in [7, 11) is 0. The lowest BCUT2D eigenvalue weighted by molar-refractivity contribution is -0.134. The summed E-state index contributed by atoms with van der Waals surface area (Å²) in [5, 5.41) is 2.92. The minimum Gasteiger partial charge on any atom is -0.378 e. The second-order valence-electron chi connectivity index (χ2n) is 5.58. The number of aryl methyl sites for hydroxylation is 2. The average Bonchev–Trinajstić information content (AvgIpc) is 2.77. The van der Waals surface area contributed by atoms with E-state index in [0.29, 0.717) is 13.2 Å². The largest absolute Gasteiger partial charge is 0.378 e. The molecular weight excluding hydrogens is 310 g/mol. The lowest BCUT2D eigenvalue weighted by Crippen LogP contribution is -2.55. The van der Waals surface area contributed by atoms with Crippen molar-refractivity contribution in [3.63, 3.8) is 0 Å². The number of hydrogen-bond donors (Lipinski definition) is 1. The first-order chi connectivity index (χ1) is 10.4. The van der Waals surface area contributed by atoms with Crippen molar-refractivity contribution in [1.82, 2.24) is 10.2 Å². The van der Waals surface area contributed by atoms with Crippen molar-refractivity contribution >= 4 is 17.2 Å². The Bertz CT molecular complexity index is 522. The highest BCUT2D eigenvalue weighted by Crippen LogP contribution is 2.26. The second-order valence-corrected chi connectivity index (χ2v) is 7.04. The molecule has 124 valence electrons. The van der Waals surface area contributed by atoms with Gasteiger partial charge < -0.3 is 10.1 Å². The number of morpholine rings is 1. The summed E-state index contributed by atoms with van der Waals surface area (Å²) < 4.78 is 30.5. The third kappa shape index (κ3) is 4.24. The van der Waals surface area contributed by atoms with Gasteiger partial charge in [0.15, 0.2) is 0 Å². The summed E-state index contributed by atoms with van der Waals surface area (Å²) in [5.41, 5.74) is 1.08. The Kier molecular flexibility index (Phi) is 5.88. The number of alkyl halides is 2. The lowest BCUT2D eigenvalue weighted by Gasteiger charge is -2.34. The zero-order valence-corrected chi connectivity index (χ0v) is 13.9. The fourth-order valence-corrected chi connectivity index (χ4v) is 3.77. The summed E-state index contributed by atoms with van der Waals surface area (Å²) in [5.74, 6) is -0.254. The van der Waals surface area contributed by atoms with E-state index in [2.05, 4.69) is 11.4 Å². The maximum absolute atomic E-state index is 12.6. The topological polar surface area (TPSA) is 41.6 Å². The van der Waals surface area contributed by atoms with Crippen molar-refractivity contribution in [2.45, 2.75) is 39.3 Å². The Morgan fingerprint density at radius 2 is 2.27 bits per heavy atom. The normalized spacial score (nSPS) is 21.1. The summed E-state index contributed by atoms with van der Waals surface area (Å²) in [4.78, 5) is 16.3. The van der Waals surface area contributed by atoms with Crippen LogP contribution >= 0.6 is 11.3 Å². The molecule has 0 saturated carbocycles. The second kappa shape index (κ2) is 7.48. The number of carbonyl (C=O) groups excluding carboxylic acids is 1. The zero-order valence-electron chi connectivity index (χ0n) is 13.1. The van der Waals surface area contributed by atoms with Gasteiger partial charge in [0, 0.05) is 16.3 Å². The molecule has 1 amide bonds. The van der Waals surface area contributed by atoms with E-state index < -0.39 is 19.0 Å².